The summed E-state index contributed by atoms with van der Waals surface area (Å²) in [4.78, 5) is 17.8. The number of anilines is 1. The van der Waals surface area contributed by atoms with Crippen LogP contribution in [-0.4, -0.2) is 21.3 Å². The zero-order chi connectivity index (χ0) is 13.8. The molecular weight excluding hydrogens is 312 g/mol. The van der Waals surface area contributed by atoms with Crippen molar-refractivity contribution < 1.29 is 5.11 Å². The average Bonchev–Trinajstić information content (AvgIpc) is 2.32. The van der Waals surface area contributed by atoms with Crippen LogP contribution in [-0.2, 0) is 0 Å². The van der Waals surface area contributed by atoms with Crippen LogP contribution in [0.15, 0.2) is 38.6 Å². The molecule has 98 valence electrons. The van der Waals surface area contributed by atoms with E-state index in [2.05, 4.69) is 36.4 Å². The van der Waals surface area contributed by atoms with Gasteiger partial charge in [0.25, 0.3) is 5.56 Å². The number of aryl methyl sites for hydroxylation is 1. The first-order valence-corrected chi connectivity index (χ1v) is 6.19. The Morgan fingerprint density at radius 3 is 3.00 bits per heavy atom. The Balaban J connectivity index is 2.15. The molecule has 0 spiro atoms. The van der Waals surface area contributed by atoms with Gasteiger partial charge in [0.1, 0.15) is 5.75 Å². The molecule has 1 aromatic carbocycles. The van der Waals surface area contributed by atoms with Gasteiger partial charge in [0.05, 0.1) is 6.21 Å². The third-order valence-corrected chi connectivity index (χ3v) is 2.73. The Morgan fingerprint density at radius 2 is 2.26 bits per heavy atom. The summed E-state index contributed by atoms with van der Waals surface area (Å²) >= 11 is 3.30. The van der Waals surface area contributed by atoms with E-state index in [0.29, 0.717) is 11.3 Å². The molecule has 0 aliphatic rings. The van der Waals surface area contributed by atoms with E-state index in [0.717, 1.165) is 4.47 Å². The van der Waals surface area contributed by atoms with Gasteiger partial charge in [-0.05, 0) is 25.1 Å². The van der Waals surface area contributed by atoms with Crippen molar-refractivity contribution in [3.63, 3.8) is 0 Å². The molecule has 1 aromatic heterocycles. The molecule has 0 unspecified atom stereocenters. The summed E-state index contributed by atoms with van der Waals surface area (Å²) in [6, 6.07) is 6.37. The van der Waals surface area contributed by atoms with E-state index < -0.39 is 0 Å². The normalized spacial score (nSPS) is 10.8. The fourth-order valence-corrected chi connectivity index (χ4v) is 1.80. The van der Waals surface area contributed by atoms with Gasteiger partial charge in [0, 0.05) is 21.8 Å². The number of aromatic nitrogens is 2. The molecule has 6 nitrogen and oxygen atoms in total. The zero-order valence-corrected chi connectivity index (χ0v) is 11.6. The first kappa shape index (κ1) is 13.3. The van der Waals surface area contributed by atoms with E-state index in [1.165, 1.54) is 12.3 Å². The molecule has 19 heavy (non-hydrogen) atoms. The molecule has 3 N–H and O–H groups in total. The lowest BCUT2D eigenvalue weighted by Crippen LogP contribution is -2.10. The summed E-state index contributed by atoms with van der Waals surface area (Å²) in [6.45, 7) is 1.71. The van der Waals surface area contributed by atoms with E-state index in [9.17, 15) is 9.90 Å². The highest BCUT2D eigenvalue weighted by Gasteiger charge is 1.99. The third-order valence-electron chi connectivity index (χ3n) is 2.23. The van der Waals surface area contributed by atoms with E-state index in [-0.39, 0.29) is 17.3 Å². The standard InChI is InChI=1S/C12H11BrN4O2/c1-7-4-11(19)16-12(15-7)17-14-6-8-5-9(13)2-3-10(8)18/h2-6,18H,1H3,(H2,15,16,17,19)/b14-6+. The number of aromatic amines is 1. The molecule has 0 aliphatic heterocycles. The summed E-state index contributed by atoms with van der Waals surface area (Å²) in [5.74, 6) is 0.357. The van der Waals surface area contributed by atoms with Gasteiger partial charge < -0.3 is 5.11 Å². The van der Waals surface area contributed by atoms with Crippen LogP contribution >= 0.6 is 15.9 Å². The van der Waals surface area contributed by atoms with E-state index in [1.54, 1.807) is 25.1 Å². The molecule has 0 bridgehead atoms. The number of benzene rings is 1. The van der Waals surface area contributed by atoms with Crippen molar-refractivity contribution in [2.24, 2.45) is 5.10 Å². The van der Waals surface area contributed by atoms with Crippen molar-refractivity contribution in [1.29, 1.82) is 0 Å². The van der Waals surface area contributed by atoms with E-state index >= 15 is 0 Å². The van der Waals surface area contributed by atoms with Gasteiger partial charge in [-0.1, -0.05) is 15.9 Å². The van der Waals surface area contributed by atoms with E-state index in [4.69, 9.17) is 0 Å². The fraction of sp³-hybridized carbons (Fsp3) is 0.0833. The molecular formula is C12H11BrN4O2. The third kappa shape index (κ3) is 3.65. The molecule has 0 saturated carbocycles. The Kier molecular flexibility index (Phi) is 3.96. The lowest BCUT2D eigenvalue weighted by molar-refractivity contribution is 0.474. The number of hydrazone groups is 1. The number of aromatic hydroxyl groups is 1. The highest BCUT2D eigenvalue weighted by atomic mass is 79.9. The van der Waals surface area contributed by atoms with Crippen LogP contribution < -0.4 is 11.0 Å². The molecule has 0 saturated heterocycles. The number of rotatable bonds is 3. The van der Waals surface area contributed by atoms with Crippen molar-refractivity contribution in [2.45, 2.75) is 6.92 Å². The fourth-order valence-electron chi connectivity index (χ4n) is 1.42. The second-order valence-electron chi connectivity index (χ2n) is 3.81. The quantitative estimate of drug-likeness (QED) is 0.595. The Hall–Kier alpha value is -2.15. The van der Waals surface area contributed by atoms with Gasteiger partial charge in [0.15, 0.2) is 0 Å². The summed E-state index contributed by atoms with van der Waals surface area (Å²) in [5.41, 5.74) is 3.47. The molecule has 1 heterocycles. The molecule has 2 aromatic rings. The first-order chi connectivity index (χ1) is 9.04. The van der Waals surface area contributed by atoms with Gasteiger partial charge in [-0.3, -0.25) is 9.78 Å². The van der Waals surface area contributed by atoms with Crippen LogP contribution in [0, 0.1) is 6.92 Å². The summed E-state index contributed by atoms with van der Waals surface area (Å²) in [5, 5.41) is 13.5. The number of hydrogen-bond donors (Lipinski definition) is 3. The maximum atomic E-state index is 11.2. The minimum Gasteiger partial charge on any atom is -0.507 e. The van der Waals surface area contributed by atoms with Gasteiger partial charge >= 0.3 is 0 Å². The highest BCUT2D eigenvalue weighted by Crippen LogP contribution is 2.19. The molecule has 2 rings (SSSR count). The number of halogens is 1. The number of phenols is 1. The second kappa shape index (κ2) is 5.66. The first-order valence-electron chi connectivity index (χ1n) is 5.40. The number of hydrogen-bond acceptors (Lipinski definition) is 5. The van der Waals surface area contributed by atoms with Crippen molar-refractivity contribution in [1.82, 2.24) is 9.97 Å². The van der Waals surface area contributed by atoms with Crippen molar-refractivity contribution in [3.8, 4) is 5.75 Å². The second-order valence-corrected chi connectivity index (χ2v) is 4.72. The summed E-state index contributed by atoms with van der Waals surface area (Å²) < 4.78 is 0.828. The molecule has 0 aliphatic carbocycles. The van der Waals surface area contributed by atoms with Crippen LogP contribution in [0.25, 0.3) is 0 Å². The molecule has 0 radical (unpaired) electrons. The predicted molar refractivity (Wildman–Crippen MR) is 76.6 cm³/mol. The molecule has 7 heteroatoms. The average molecular weight is 323 g/mol. The smallest absolute Gasteiger partial charge is 0.252 e. The van der Waals surface area contributed by atoms with Gasteiger partial charge in [-0.25, -0.2) is 10.4 Å². The summed E-state index contributed by atoms with van der Waals surface area (Å²) in [6.07, 6.45) is 1.43. The number of nitrogens with one attached hydrogen (secondary N) is 2. The molecule has 0 fully saturated rings. The van der Waals surface area contributed by atoms with Crippen molar-refractivity contribution in [2.75, 3.05) is 5.43 Å². The van der Waals surface area contributed by atoms with Crippen molar-refractivity contribution in [3.05, 3.63) is 50.3 Å². The van der Waals surface area contributed by atoms with Gasteiger partial charge in [-0.15, -0.1) is 0 Å². The Labute approximate surface area is 117 Å². The molecule has 0 atom stereocenters. The van der Waals surface area contributed by atoms with Crippen LogP contribution in [0.1, 0.15) is 11.3 Å². The predicted octanol–water partition coefficient (Wildman–Crippen LogP) is 1.99. The zero-order valence-electron chi connectivity index (χ0n) is 10.0. The minimum absolute atomic E-state index is 0.111. The Bertz CT molecular complexity index is 682. The number of nitrogens with zero attached hydrogens (tertiary/aromatic N) is 2. The molecule has 0 amide bonds. The van der Waals surface area contributed by atoms with Gasteiger partial charge in [0.2, 0.25) is 5.95 Å². The number of phenolic OH excluding ortho intramolecular Hbond substituents is 1. The van der Waals surface area contributed by atoms with Gasteiger partial charge in [-0.2, -0.15) is 5.10 Å². The lowest BCUT2D eigenvalue weighted by Gasteiger charge is -2.01. The summed E-state index contributed by atoms with van der Waals surface area (Å²) in [7, 11) is 0. The minimum atomic E-state index is -0.254. The van der Waals surface area contributed by atoms with Crippen LogP contribution in [0.5, 0.6) is 5.75 Å². The highest BCUT2D eigenvalue weighted by molar-refractivity contribution is 9.10. The Morgan fingerprint density at radius 1 is 1.47 bits per heavy atom. The maximum absolute atomic E-state index is 11.2. The topological polar surface area (TPSA) is 90.4 Å². The van der Waals surface area contributed by atoms with Crippen LogP contribution in [0.4, 0.5) is 5.95 Å². The SMILES string of the molecule is Cc1cc(=O)[nH]c(N/N=C/c2cc(Br)ccc2O)n1. The van der Waals surface area contributed by atoms with E-state index in [1.807, 2.05) is 0 Å². The monoisotopic (exact) mass is 322 g/mol. The van der Waals surface area contributed by atoms with Crippen LogP contribution in [0.2, 0.25) is 0 Å². The maximum Gasteiger partial charge on any atom is 0.252 e. The largest absolute Gasteiger partial charge is 0.507 e. The van der Waals surface area contributed by atoms with Crippen molar-refractivity contribution >= 4 is 28.1 Å². The van der Waals surface area contributed by atoms with Crippen LogP contribution in [0.3, 0.4) is 0 Å². The lowest BCUT2D eigenvalue weighted by atomic mass is 10.2. The number of H-pyrrole nitrogens is 1.